The fourth-order valence-corrected chi connectivity index (χ4v) is 3.53. The monoisotopic (exact) mass is 443 g/mol. The molecular formula is C23H17N5O5. The van der Waals surface area contributed by atoms with E-state index >= 15 is 0 Å². The van der Waals surface area contributed by atoms with Crippen molar-refractivity contribution in [1.82, 2.24) is 19.9 Å². The lowest BCUT2D eigenvalue weighted by Gasteiger charge is -2.13. The zero-order valence-corrected chi connectivity index (χ0v) is 17.1. The highest BCUT2D eigenvalue weighted by Gasteiger charge is 2.30. The van der Waals surface area contributed by atoms with Crippen molar-refractivity contribution in [2.45, 2.75) is 0 Å². The number of hydrogen-bond acceptors (Lipinski definition) is 8. The van der Waals surface area contributed by atoms with E-state index in [1.807, 2.05) is 30.3 Å². The number of benzene rings is 2. The molecule has 5 rings (SSSR count). The Morgan fingerprint density at radius 3 is 2.64 bits per heavy atom. The molecule has 0 bridgehead atoms. The number of hydrogen-bond donors (Lipinski definition) is 2. The molecule has 10 nitrogen and oxygen atoms in total. The number of amides is 2. The van der Waals surface area contributed by atoms with E-state index in [2.05, 4.69) is 15.6 Å². The van der Waals surface area contributed by atoms with Gasteiger partial charge >= 0.3 is 5.63 Å². The number of anilines is 1. The third-order valence-corrected chi connectivity index (χ3v) is 5.14. The second-order valence-electron chi connectivity index (χ2n) is 7.29. The maximum absolute atomic E-state index is 12.6. The van der Waals surface area contributed by atoms with Crippen LogP contribution in [0.2, 0.25) is 0 Å². The van der Waals surface area contributed by atoms with Gasteiger partial charge in [-0.1, -0.05) is 35.5 Å². The van der Waals surface area contributed by atoms with E-state index in [9.17, 15) is 14.4 Å². The summed E-state index contributed by atoms with van der Waals surface area (Å²) in [6.07, 6.45) is 2.81. The Balaban J connectivity index is 1.43. The van der Waals surface area contributed by atoms with Gasteiger partial charge in [-0.3, -0.25) is 14.5 Å². The number of carbonyl (C=O) groups is 2. The summed E-state index contributed by atoms with van der Waals surface area (Å²) >= 11 is 0. The first kappa shape index (κ1) is 20.3. The minimum Gasteiger partial charge on any atom is -0.421 e. The van der Waals surface area contributed by atoms with Gasteiger partial charge in [0.1, 0.15) is 17.0 Å². The molecule has 33 heavy (non-hydrogen) atoms. The van der Waals surface area contributed by atoms with Crippen LogP contribution in [0.25, 0.3) is 27.9 Å². The van der Waals surface area contributed by atoms with Crippen LogP contribution >= 0.6 is 0 Å². The van der Waals surface area contributed by atoms with Gasteiger partial charge in [0.05, 0.1) is 19.3 Å². The summed E-state index contributed by atoms with van der Waals surface area (Å²) in [7, 11) is 0. The summed E-state index contributed by atoms with van der Waals surface area (Å²) in [4.78, 5) is 37.8. The molecule has 0 aliphatic carbocycles. The quantitative estimate of drug-likeness (QED) is 0.340. The van der Waals surface area contributed by atoms with Gasteiger partial charge in [-0.05, 0) is 18.2 Å². The summed E-state index contributed by atoms with van der Waals surface area (Å²) in [6.45, 7) is -0.399. The summed E-state index contributed by atoms with van der Waals surface area (Å²) in [5, 5.41) is 20.7. The molecule has 2 N–H and O–H groups in total. The molecule has 4 aromatic rings. The first-order valence-corrected chi connectivity index (χ1v) is 10.0. The highest BCUT2D eigenvalue weighted by molar-refractivity contribution is 6.17. The van der Waals surface area contributed by atoms with E-state index in [-0.39, 0.29) is 24.5 Å². The number of rotatable bonds is 6. The normalized spacial score (nSPS) is 13.6. The maximum atomic E-state index is 12.6. The number of carbonyl (C=O) groups excluding carboxylic acids is 2. The molecule has 0 atom stereocenters. The van der Waals surface area contributed by atoms with Crippen LogP contribution in [-0.2, 0) is 9.59 Å². The molecule has 2 amide bonds. The van der Waals surface area contributed by atoms with Gasteiger partial charge in [-0.25, -0.2) is 9.48 Å². The van der Waals surface area contributed by atoms with Crippen LogP contribution in [0.1, 0.15) is 0 Å². The highest BCUT2D eigenvalue weighted by Crippen LogP contribution is 2.23. The van der Waals surface area contributed by atoms with Crippen LogP contribution in [0.3, 0.4) is 0 Å². The average Bonchev–Trinajstić information content (AvgIpc) is 3.40. The van der Waals surface area contributed by atoms with E-state index in [1.54, 1.807) is 30.5 Å². The molecule has 2 aromatic carbocycles. The Labute approximate surface area is 186 Å². The van der Waals surface area contributed by atoms with Gasteiger partial charge in [0.25, 0.3) is 11.8 Å². The third kappa shape index (κ3) is 3.79. The lowest BCUT2D eigenvalue weighted by Crippen LogP contribution is -2.34. The van der Waals surface area contributed by atoms with Gasteiger partial charge in [0.15, 0.2) is 5.69 Å². The molecule has 0 saturated carbocycles. The van der Waals surface area contributed by atoms with Crippen LogP contribution in [0, 0.1) is 0 Å². The number of nitrogens with zero attached hydrogens (tertiary/aromatic N) is 4. The molecular weight excluding hydrogens is 426 g/mol. The molecule has 1 aliphatic heterocycles. The van der Waals surface area contributed by atoms with Crippen molar-refractivity contribution in [2.24, 2.45) is 0 Å². The second kappa shape index (κ2) is 8.17. The first-order valence-electron chi connectivity index (χ1n) is 10.0. The SMILES string of the molecule is O=C1C=C(Nc2ccc3cc(-n4cc(-c5ccccc5)nn4)c(=O)oc3c2)C(=O)N1CCO. The highest BCUT2D eigenvalue weighted by atomic mass is 16.4. The van der Waals surface area contributed by atoms with Gasteiger partial charge in [0.2, 0.25) is 0 Å². The lowest BCUT2D eigenvalue weighted by molar-refractivity contribution is -0.137. The van der Waals surface area contributed by atoms with Crippen LogP contribution < -0.4 is 10.9 Å². The number of aliphatic hydroxyl groups excluding tert-OH is 1. The number of imide groups is 1. The average molecular weight is 443 g/mol. The predicted octanol–water partition coefficient (Wildman–Crippen LogP) is 1.70. The lowest BCUT2D eigenvalue weighted by atomic mass is 10.2. The Hall–Kier alpha value is -4.57. The second-order valence-corrected chi connectivity index (χ2v) is 7.29. The minimum atomic E-state index is -0.607. The van der Waals surface area contributed by atoms with Crippen molar-refractivity contribution in [3.8, 4) is 16.9 Å². The van der Waals surface area contributed by atoms with Crippen molar-refractivity contribution in [1.29, 1.82) is 0 Å². The zero-order valence-electron chi connectivity index (χ0n) is 17.1. The van der Waals surface area contributed by atoms with Crippen molar-refractivity contribution in [3.05, 3.63) is 83.0 Å². The largest absolute Gasteiger partial charge is 0.421 e. The van der Waals surface area contributed by atoms with Crippen LogP contribution in [-0.4, -0.2) is 50.0 Å². The summed E-state index contributed by atoms with van der Waals surface area (Å²) in [6, 6.07) is 16.1. The summed E-state index contributed by atoms with van der Waals surface area (Å²) in [5.74, 6) is -1.04. The molecule has 164 valence electrons. The Kier molecular flexibility index (Phi) is 5.04. The van der Waals surface area contributed by atoms with Gasteiger partial charge in [0, 0.05) is 28.8 Å². The number of aliphatic hydroxyl groups is 1. The summed E-state index contributed by atoms with van der Waals surface area (Å²) in [5.41, 5.74) is 1.92. The smallest absolute Gasteiger partial charge is 0.362 e. The molecule has 2 aromatic heterocycles. The number of β-amino-alcohol motifs (C(OH)–C–C–N with tert-alkyl or cyclic N) is 1. The van der Waals surface area contributed by atoms with Crippen LogP contribution in [0.15, 0.2) is 81.8 Å². The Morgan fingerprint density at radius 1 is 1.03 bits per heavy atom. The Morgan fingerprint density at radius 2 is 1.85 bits per heavy atom. The van der Waals surface area contributed by atoms with Crippen molar-refractivity contribution in [3.63, 3.8) is 0 Å². The van der Waals surface area contributed by atoms with Gasteiger partial charge in [-0.15, -0.1) is 5.10 Å². The van der Waals surface area contributed by atoms with E-state index in [4.69, 9.17) is 9.52 Å². The molecule has 10 heteroatoms. The van der Waals surface area contributed by atoms with Gasteiger partial charge < -0.3 is 14.8 Å². The van der Waals surface area contributed by atoms with Crippen molar-refractivity contribution < 1.29 is 19.1 Å². The standard InChI is InChI=1S/C23H17N5O5/c29-9-8-27-21(30)12-17(22(27)31)24-16-7-6-15-10-19(23(32)33-20(15)11-16)28-13-18(25-26-28)14-4-2-1-3-5-14/h1-7,10-13,24,29H,8-9H2. The van der Waals surface area contributed by atoms with E-state index < -0.39 is 17.4 Å². The van der Waals surface area contributed by atoms with Gasteiger partial charge in [-0.2, -0.15) is 0 Å². The third-order valence-electron chi connectivity index (χ3n) is 5.14. The van der Waals surface area contributed by atoms with Crippen LogP contribution in [0.5, 0.6) is 0 Å². The topological polar surface area (TPSA) is 131 Å². The molecule has 0 fully saturated rings. The molecule has 0 radical (unpaired) electrons. The first-order chi connectivity index (χ1) is 16.0. The maximum Gasteiger partial charge on any atom is 0.362 e. The minimum absolute atomic E-state index is 0.0721. The predicted molar refractivity (Wildman–Crippen MR) is 118 cm³/mol. The van der Waals surface area contributed by atoms with Crippen LogP contribution in [0.4, 0.5) is 5.69 Å². The fraction of sp³-hybridized carbons (Fsp3) is 0.0870. The van der Waals surface area contributed by atoms with E-state index in [1.165, 1.54) is 4.68 Å². The van der Waals surface area contributed by atoms with E-state index in [0.717, 1.165) is 16.5 Å². The number of fused-ring (bicyclic) bond motifs is 1. The molecule has 0 saturated heterocycles. The van der Waals surface area contributed by atoms with Crippen molar-refractivity contribution in [2.75, 3.05) is 18.5 Å². The summed E-state index contributed by atoms with van der Waals surface area (Å²) < 4.78 is 6.84. The molecule has 1 aliphatic rings. The molecule has 0 unspecified atom stereocenters. The molecule has 3 heterocycles. The number of aromatic nitrogens is 3. The van der Waals surface area contributed by atoms with E-state index in [0.29, 0.717) is 22.4 Å². The number of nitrogens with one attached hydrogen (secondary N) is 1. The van der Waals surface area contributed by atoms with Crippen molar-refractivity contribution >= 4 is 28.5 Å². The fourth-order valence-electron chi connectivity index (χ4n) is 3.53. The molecule has 0 spiro atoms. The zero-order chi connectivity index (χ0) is 22.9. The Bertz CT molecular complexity index is 1470.